The van der Waals surface area contributed by atoms with Gasteiger partial charge in [-0.05, 0) is 45.6 Å². The van der Waals surface area contributed by atoms with Gasteiger partial charge < -0.3 is 15.4 Å². The van der Waals surface area contributed by atoms with Crippen LogP contribution in [-0.2, 0) is 4.74 Å². The Bertz CT molecular complexity index is 271. The van der Waals surface area contributed by atoms with Crippen LogP contribution < -0.4 is 5.73 Å². The first kappa shape index (κ1) is 14.3. The molecule has 1 aliphatic heterocycles. The number of amides is 1. The quantitative estimate of drug-likeness (QED) is 0.825. The van der Waals surface area contributed by atoms with E-state index in [1.807, 2.05) is 25.7 Å². The topological polar surface area (TPSA) is 55.6 Å². The summed E-state index contributed by atoms with van der Waals surface area (Å²) in [6, 6.07) is 0.259. The largest absolute Gasteiger partial charge is 0.444 e. The summed E-state index contributed by atoms with van der Waals surface area (Å²) < 4.78 is 5.39. The average molecular weight is 242 g/mol. The zero-order valence-electron chi connectivity index (χ0n) is 11.7. The van der Waals surface area contributed by atoms with Crippen LogP contribution in [0.4, 0.5) is 4.79 Å². The summed E-state index contributed by atoms with van der Waals surface area (Å²) in [6.45, 7) is 11.4. The van der Waals surface area contributed by atoms with Gasteiger partial charge in [0.1, 0.15) is 5.60 Å². The SMILES string of the molecule is CC(C)C(CN)C1CCN1C(=O)OC(C)(C)C. The fourth-order valence-electron chi connectivity index (χ4n) is 2.27. The molecule has 2 N–H and O–H groups in total. The Kier molecular flexibility index (Phi) is 4.42. The van der Waals surface area contributed by atoms with Gasteiger partial charge in [-0.2, -0.15) is 0 Å². The summed E-state index contributed by atoms with van der Waals surface area (Å²) in [5.74, 6) is 0.867. The molecule has 2 unspecified atom stereocenters. The monoisotopic (exact) mass is 242 g/mol. The third kappa shape index (κ3) is 3.60. The van der Waals surface area contributed by atoms with Gasteiger partial charge in [-0.25, -0.2) is 4.79 Å². The predicted molar refractivity (Wildman–Crippen MR) is 68.7 cm³/mol. The second-order valence-electron chi connectivity index (χ2n) is 6.17. The number of rotatable bonds is 3. The van der Waals surface area contributed by atoms with E-state index in [1.54, 1.807) is 0 Å². The van der Waals surface area contributed by atoms with Gasteiger partial charge in [0.05, 0.1) is 0 Å². The maximum Gasteiger partial charge on any atom is 0.410 e. The van der Waals surface area contributed by atoms with Crippen molar-refractivity contribution in [3.05, 3.63) is 0 Å². The molecule has 0 aromatic carbocycles. The van der Waals surface area contributed by atoms with Crippen LogP contribution in [-0.4, -0.2) is 35.7 Å². The van der Waals surface area contributed by atoms with Gasteiger partial charge in [-0.15, -0.1) is 0 Å². The first-order valence-corrected chi connectivity index (χ1v) is 6.46. The smallest absolute Gasteiger partial charge is 0.410 e. The fourth-order valence-corrected chi connectivity index (χ4v) is 2.27. The molecular formula is C13H26N2O2. The summed E-state index contributed by atoms with van der Waals surface area (Å²) in [4.78, 5) is 13.8. The number of nitrogens with zero attached hydrogens (tertiary/aromatic N) is 1. The molecule has 0 saturated carbocycles. The van der Waals surface area contributed by atoms with Gasteiger partial charge in [0.2, 0.25) is 0 Å². The maximum atomic E-state index is 12.0. The van der Waals surface area contributed by atoms with Crippen LogP contribution in [0, 0.1) is 11.8 Å². The zero-order chi connectivity index (χ0) is 13.2. The lowest BCUT2D eigenvalue weighted by Gasteiger charge is -2.46. The lowest BCUT2D eigenvalue weighted by Crippen LogP contribution is -2.58. The van der Waals surface area contributed by atoms with Crippen molar-refractivity contribution in [2.45, 2.75) is 52.7 Å². The molecule has 1 fully saturated rings. The first-order chi connectivity index (χ1) is 7.76. The Morgan fingerprint density at radius 1 is 1.47 bits per heavy atom. The molecule has 100 valence electrons. The Balaban J connectivity index is 2.59. The van der Waals surface area contributed by atoms with Gasteiger partial charge in [-0.1, -0.05) is 13.8 Å². The molecule has 0 aromatic heterocycles. The third-order valence-corrected chi connectivity index (χ3v) is 3.32. The van der Waals surface area contributed by atoms with Crippen molar-refractivity contribution >= 4 is 6.09 Å². The predicted octanol–water partition coefficient (Wildman–Crippen LogP) is 2.23. The Morgan fingerprint density at radius 2 is 2.06 bits per heavy atom. The summed E-state index contributed by atoms with van der Waals surface area (Å²) in [7, 11) is 0. The van der Waals surface area contributed by atoms with E-state index in [4.69, 9.17) is 10.5 Å². The molecule has 1 heterocycles. The molecule has 0 aromatic rings. The van der Waals surface area contributed by atoms with Crippen LogP contribution in [0.5, 0.6) is 0 Å². The van der Waals surface area contributed by atoms with E-state index >= 15 is 0 Å². The molecule has 0 bridgehead atoms. The van der Waals surface area contributed by atoms with Gasteiger partial charge in [0, 0.05) is 12.6 Å². The van der Waals surface area contributed by atoms with Crippen molar-refractivity contribution in [1.82, 2.24) is 4.90 Å². The Labute approximate surface area is 104 Å². The molecule has 1 saturated heterocycles. The van der Waals surface area contributed by atoms with Crippen molar-refractivity contribution < 1.29 is 9.53 Å². The molecule has 17 heavy (non-hydrogen) atoms. The van der Waals surface area contributed by atoms with Crippen LogP contribution in [0.1, 0.15) is 41.0 Å². The van der Waals surface area contributed by atoms with Crippen molar-refractivity contribution in [1.29, 1.82) is 0 Å². The Hall–Kier alpha value is -0.770. The molecule has 0 aliphatic carbocycles. The summed E-state index contributed by atoms with van der Waals surface area (Å²) in [6.07, 6.45) is 0.840. The van der Waals surface area contributed by atoms with E-state index in [2.05, 4.69) is 13.8 Å². The van der Waals surface area contributed by atoms with E-state index < -0.39 is 5.60 Å². The fraction of sp³-hybridized carbons (Fsp3) is 0.923. The zero-order valence-corrected chi connectivity index (χ0v) is 11.7. The molecule has 1 aliphatic rings. The number of ether oxygens (including phenoxy) is 1. The first-order valence-electron chi connectivity index (χ1n) is 6.46. The van der Waals surface area contributed by atoms with E-state index in [-0.39, 0.29) is 12.1 Å². The van der Waals surface area contributed by atoms with Crippen molar-refractivity contribution in [3.8, 4) is 0 Å². The van der Waals surface area contributed by atoms with Crippen molar-refractivity contribution in [2.75, 3.05) is 13.1 Å². The summed E-state index contributed by atoms with van der Waals surface area (Å²) in [5.41, 5.74) is 5.37. The maximum absolute atomic E-state index is 12.0. The summed E-state index contributed by atoms with van der Waals surface area (Å²) >= 11 is 0. The second-order valence-corrected chi connectivity index (χ2v) is 6.17. The lowest BCUT2D eigenvalue weighted by atomic mass is 9.82. The lowest BCUT2D eigenvalue weighted by molar-refractivity contribution is -0.0220. The van der Waals surface area contributed by atoms with E-state index in [9.17, 15) is 4.79 Å². The number of nitrogens with two attached hydrogens (primary N) is 1. The molecule has 4 heteroatoms. The highest BCUT2D eigenvalue weighted by molar-refractivity contribution is 5.69. The minimum Gasteiger partial charge on any atom is -0.444 e. The number of hydrogen-bond acceptors (Lipinski definition) is 3. The van der Waals surface area contributed by atoms with E-state index in [0.29, 0.717) is 18.4 Å². The molecule has 4 nitrogen and oxygen atoms in total. The van der Waals surface area contributed by atoms with Crippen LogP contribution in [0.15, 0.2) is 0 Å². The van der Waals surface area contributed by atoms with Gasteiger partial charge in [-0.3, -0.25) is 0 Å². The molecular weight excluding hydrogens is 216 g/mol. The van der Waals surface area contributed by atoms with Crippen LogP contribution in [0.2, 0.25) is 0 Å². The van der Waals surface area contributed by atoms with Crippen LogP contribution in [0.25, 0.3) is 0 Å². The normalized spacial score (nSPS) is 22.3. The van der Waals surface area contributed by atoms with Crippen molar-refractivity contribution in [3.63, 3.8) is 0 Å². The molecule has 0 spiro atoms. The third-order valence-electron chi connectivity index (χ3n) is 3.32. The highest BCUT2D eigenvalue weighted by atomic mass is 16.6. The van der Waals surface area contributed by atoms with Crippen LogP contribution >= 0.6 is 0 Å². The number of carbonyl (C=O) groups is 1. The van der Waals surface area contributed by atoms with Crippen molar-refractivity contribution in [2.24, 2.45) is 17.6 Å². The number of carbonyl (C=O) groups excluding carboxylic acids is 1. The highest BCUT2D eigenvalue weighted by Crippen LogP contribution is 2.30. The second kappa shape index (κ2) is 5.25. The Morgan fingerprint density at radius 3 is 2.35 bits per heavy atom. The van der Waals surface area contributed by atoms with Crippen LogP contribution in [0.3, 0.4) is 0 Å². The number of hydrogen-bond donors (Lipinski definition) is 1. The average Bonchev–Trinajstić information content (AvgIpc) is 2.07. The van der Waals surface area contributed by atoms with Gasteiger partial charge in [0.15, 0.2) is 0 Å². The molecule has 1 rings (SSSR count). The van der Waals surface area contributed by atoms with E-state index in [0.717, 1.165) is 13.0 Å². The standard InChI is InChI=1S/C13H26N2O2/c1-9(2)10(8-14)11-6-7-15(11)12(16)17-13(3,4)5/h9-11H,6-8,14H2,1-5H3. The highest BCUT2D eigenvalue weighted by Gasteiger charge is 2.40. The molecule has 0 radical (unpaired) electrons. The number of likely N-dealkylation sites (tertiary alicyclic amines) is 1. The molecule has 2 atom stereocenters. The minimum atomic E-state index is -0.423. The minimum absolute atomic E-state index is 0.201. The van der Waals surface area contributed by atoms with Gasteiger partial charge >= 0.3 is 6.09 Å². The summed E-state index contributed by atoms with van der Waals surface area (Å²) in [5, 5.41) is 0. The van der Waals surface area contributed by atoms with Gasteiger partial charge in [0.25, 0.3) is 0 Å². The van der Waals surface area contributed by atoms with E-state index in [1.165, 1.54) is 0 Å². The molecule has 1 amide bonds.